The van der Waals surface area contributed by atoms with Crippen molar-refractivity contribution in [2.45, 2.75) is 45.4 Å². The Labute approximate surface area is 147 Å². The van der Waals surface area contributed by atoms with Crippen LogP contribution in [0, 0.1) is 0 Å². The van der Waals surface area contributed by atoms with Crippen molar-refractivity contribution in [3.8, 4) is 5.75 Å². The minimum atomic E-state index is -0.0682. The summed E-state index contributed by atoms with van der Waals surface area (Å²) in [5.41, 5.74) is 0.620. The average molecular weight is 344 g/mol. The highest BCUT2D eigenvalue weighted by Crippen LogP contribution is 2.17. The topological polar surface area (TPSA) is 78.3 Å². The molecule has 1 N–H and O–H groups in total. The van der Waals surface area contributed by atoms with Gasteiger partial charge in [-0.1, -0.05) is 6.07 Å². The van der Waals surface area contributed by atoms with Gasteiger partial charge in [-0.15, -0.1) is 10.2 Å². The van der Waals surface area contributed by atoms with Gasteiger partial charge < -0.3 is 19.4 Å². The summed E-state index contributed by atoms with van der Waals surface area (Å²) in [5, 5.41) is 11.6. The highest BCUT2D eigenvalue weighted by Gasteiger charge is 2.21. The summed E-state index contributed by atoms with van der Waals surface area (Å²) >= 11 is 0. The number of ether oxygens (including phenoxy) is 2. The first-order chi connectivity index (χ1) is 12.2. The zero-order chi connectivity index (χ0) is 17.6. The monoisotopic (exact) mass is 344 g/mol. The van der Waals surface area contributed by atoms with Crippen molar-refractivity contribution in [2.75, 3.05) is 13.7 Å². The molecule has 1 aliphatic heterocycles. The number of carbonyl (C=O) groups excluding carboxylic acids is 1. The molecule has 2 heterocycles. The first-order valence-corrected chi connectivity index (χ1v) is 8.65. The lowest BCUT2D eigenvalue weighted by atomic mass is 10.1. The third-order valence-corrected chi connectivity index (χ3v) is 4.34. The molecule has 1 aliphatic rings. The molecule has 1 aromatic heterocycles. The van der Waals surface area contributed by atoms with Gasteiger partial charge in [0.25, 0.3) is 5.91 Å². The molecule has 7 nitrogen and oxygen atoms in total. The molecular formula is C18H24N4O3. The molecule has 1 aromatic carbocycles. The molecule has 3 rings (SSSR count). The van der Waals surface area contributed by atoms with Crippen LogP contribution in [-0.4, -0.2) is 40.4 Å². The fourth-order valence-electron chi connectivity index (χ4n) is 3.09. The summed E-state index contributed by atoms with van der Waals surface area (Å²) in [5.74, 6) is 2.45. The van der Waals surface area contributed by atoms with Gasteiger partial charge in [0.2, 0.25) is 0 Å². The third kappa shape index (κ3) is 4.17. The second kappa shape index (κ2) is 8.11. The van der Waals surface area contributed by atoms with Crippen molar-refractivity contribution in [2.24, 2.45) is 0 Å². The molecule has 0 saturated carbocycles. The molecule has 0 saturated heterocycles. The molecule has 1 amide bonds. The van der Waals surface area contributed by atoms with Crippen molar-refractivity contribution in [1.82, 2.24) is 20.1 Å². The first-order valence-electron chi connectivity index (χ1n) is 8.65. The van der Waals surface area contributed by atoms with Crippen LogP contribution in [0.1, 0.15) is 41.8 Å². The Kier molecular flexibility index (Phi) is 5.65. The predicted molar refractivity (Wildman–Crippen MR) is 92.5 cm³/mol. The van der Waals surface area contributed by atoms with Gasteiger partial charge in [-0.3, -0.25) is 4.79 Å². The molecule has 0 spiro atoms. The van der Waals surface area contributed by atoms with E-state index in [1.165, 1.54) is 0 Å². The van der Waals surface area contributed by atoms with Crippen LogP contribution < -0.4 is 10.1 Å². The number of rotatable bonds is 6. The number of fused-ring (bicyclic) bond motifs is 1. The molecule has 0 aliphatic carbocycles. The average Bonchev–Trinajstić information content (AvgIpc) is 2.88. The van der Waals surface area contributed by atoms with Crippen LogP contribution in [0.25, 0.3) is 0 Å². The van der Waals surface area contributed by atoms with E-state index in [9.17, 15) is 4.79 Å². The smallest absolute Gasteiger partial charge is 0.251 e. The number of carbonyl (C=O) groups is 1. The minimum absolute atomic E-state index is 0.0682. The van der Waals surface area contributed by atoms with E-state index in [-0.39, 0.29) is 11.9 Å². The second-order valence-corrected chi connectivity index (χ2v) is 6.08. The summed E-state index contributed by atoms with van der Waals surface area (Å²) in [6.45, 7) is 3.74. The second-order valence-electron chi connectivity index (χ2n) is 6.08. The third-order valence-electron chi connectivity index (χ3n) is 4.34. The molecule has 134 valence electrons. The Balaban J connectivity index is 1.62. The van der Waals surface area contributed by atoms with Gasteiger partial charge >= 0.3 is 0 Å². The number of aryl methyl sites for hydroxylation is 1. The predicted octanol–water partition coefficient (Wildman–Crippen LogP) is 1.96. The molecule has 0 bridgehead atoms. The summed E-state index contributed by atoms with van der Waals surface area (Å²) in [4.78, 5) is 12.5. The fourth-order valence-corrected chi connectivity index (χ4v) is 3.09. The number of amides is 1. The zero-order valence-corrected chi connectivity index (χ0v) is 14.7. The van der Waals surface area contributed by atoms with Crippen molar-refractivity contribution in [3.05, 3.63) is 41.5 Å². The maximum Gasteiger partial charge on any atom is 0.251 e. The van der Waals surface area contributed by atoms with Gasteiger partial charge in [-0.2, -0.15) is 0 Å². The van der Waals surface area contributed by atoms with E-state index in [0.717, 1.165) is 37.5 Å². The van der Waals surface area contributed by atoms with Gasteiger partial charge in [-0.05, 0) is 38.0 Å². The number of benzene rings is 1. The number of methoxy groups -OCH3 is 1. The first kappa shape index (κ1) is 17.4. The SMILES string of the molecule is CCOc1cccc(C(=O)NC2CCc3nnc(COC)n3CC2)c1. The molecule has 25 heavy (non-hydrogen) atoms. The van der Waals surface area contributed by atoms with E-state index in [0.29, 0.717) is 24.5 Å². The van der Waals surface area contributed by atoms with Crippen LogP contribution in [0.2, 0.25) is 0 Å². The zero-order valence-electron chi connectivity index (χ0n) is 14.7. The van der Waals surface area contributed by atoms with Gasteiger partial charge in [0.1, 0.15) is 18.2 Å². The van der Waals surface area contributed by atoms with E-state index < -0.39 is 0 Å². The van der Waals surface area contributed by atoms with Crippen LogP contribution in [0.4, 0.5) is 0 Å². The molecule has 0 fully saturated rings. The lowest BCUT2D eigenvalue weighted by molar-refractivity contribution is 0.0932. The number of nitrogens with one attached hydrogen (secondary N) is 1. The number of hydrogen-bond acceptors (Lipinski definition) is 5. The van der Waals surface area contributed by atoms with Gasteiger partial charge in [0, 0.05) is 31.7 Å². The summed E-state index contributed by atoms with van der Waals surface area (Å²) in [6, 6.07) is 7.39. The molecule has 2 aromatic rings. The van der Waals surface area contributed by atoms with Crippen LogP contribution in [0.15, 0.2) is 24.3 Å². The fraction of sp³-hybridized carbons (Fsp3) is 0.500. The van der Waals surface area contributed by atoms with Crippen LogP contribution >= 0.6 is 0 Å². The maximum atomic E-state index is 12.5. The summed E-state index contributed by atoms with van der Waals surface area (Å²) in [7, 11) is 1.65. The lowest BCUT2D eigenvalue weighted by Gasteiger charge is -2.16. The largest absolute Gasteiger partial charge is 0.494 e. The maximum absolute atomic E-state index is 12.5. The summed E-state index contributed by atoms with van der Waals surface area (Å²) in [6.07, 6.45) is 2.49. The Morgan fingerprint density at radius 1 is 1.36 bits per heavy atom. The van der Waals surface area contributed by atoms with E-state index in [2.05, 4.69) is 20.1 Å². The van der Waals surface area contributed by atoms with Crippen molar-refractivity contribution < 1.29 is 14.3 Å². The molecular weight excluding hydrogens is 320 g/mol. The van der Waals surface area contributed by atoms with Crippen LogP contribution in [0.5, 0.6) is 5.75 Å². The molecule has 0 radical (unpaired) electrons. The number of aromatic nitrogens is 3. The highest BCUT2D eigenvalue weighted by molar-refractivity contribution is 5.94. The van der Waals surface area contributed by atoms with Gasteiger partial charge in [0.15, 0.2) is 5.82 Å². The standard InChI is InChI=1S/C18H24N4O3/c1-3-25-15-6-4-5-13(11-15)18(23)19-14-7-8-16-20-21-17(12-24-2)22(16)10-9-14/h4-6,11,14H,3,7-10,12H2,1-2H3,(H,19,23). The Morgan fingerprint density at radius 2 is 2.24 bits per heavy atom. The Bertz CT molecular complexity index is 729. The van der Waals surface area contributed by atoms with E-state index >= 15 is 0 Å². The normalized spacial score (nSPS) is 16.8. The quantitative estimate of drug-likeness (QED) is 0.867. The van der Waals surface area contributed by atoms with E-state index in [1.807, 2.05) is 19.1 Å². The molecule has 1 atom stereocenters. The number of hydrogen-bond donors (Lipinski definition) is 1. The minimum Gasteiger partial charge on any atom is -0.494 e. The molecule has 7 heteroatoms. The Morgan fingerprint density at radius 3 is 3.04 bits per heavy atom. The number of nitrogens with zero attached hydrogens (tertiary/aromatic N) is 3. The van der Waals surface area contributed by atoms with Crippen molar-refractivity contribution in [1.29, 1.82) is 0 Å². The van der Waals surface area contributed by atoms with Crippen molar-refractivity contribution >= 4 is 5.91 Å². The van der Waals surface area contributed by atoms with Crippen molar-refractivity contribution in [3.63, 3.8) is 0 Å². The van der Waals surface area contributed by atoms with Gasteiger partial charge in [0.05, 0.1) is 6.61 Å². The Hall–Kier alpha value is -2.41. The van der Waals surface area contributed by atoms with Gasteiger partial charge in [-0.25, -0.2) is 0 Å². The summed E-state index contributed by atoms with van der Waals surface area (Å²) < 4.78 is 12.7. The van der Waals surface area contributed by atoms with Crippen LogP contribution in [-0.2, 0) is 24.3 Å². The molecule has 1 unspecified atom stereocenters. The highest BCUT2D eigenvalue weighted by atomic mass is 16.5. The lowest BCUT2D eigenvalue weighted by Crippen LogP contribution is -2.35. The van der Waals surface area contributed by atoms with Crippen LogP contribution in [0.3, 0.4) is 0 Å². The van der Waals surface area contributed by atoms with E-state index in [4.69, 9.17) is 9.47 Å². The van der Waals surface area contributed by atoms with E-state index in [1.54, 1.807) is 19.2 Å².